The summed E-state index contributed by atoms with van der Waals surface area (Å²) in [5, 5.41) is 9.39. The summed E-state index contributed by atoms with van der Waals surface area (Å²) < 4.78 is 26.5. The standard InChI is InChI=1S/C29H35NO4S/c1-3-4-10-23-16-18-24(19-17-23)22-30(35(2,33)34)20-9-15-26-13-8-14-27(21-28(31)32)29(26)25-11-6-5-7-12-25/h5-8,11-14,16-19H,3-4,9-10,15,20-22H2,1-2H3,(H,31,32). The van der Waals surface area contributed by atoms with Gasteiger partial charge in [0.1, 0.15) is 0 Å². The molecule has 0 spiro atoms. The zero-order chi connectivity index (χ0) is 25.3. The van der Waals surface area contributed by atoms with Crippen molar-refractivity contribution in [1.82, 2.24) is 4.31 Å². The first-order chi connectivity index (χ1) is 16.8. The maximum atomic E-state index is 12.5. The van der Waals surface area contributed by atoms with Gasteiger partial charge in [0.15, 0.2) is 0 Å². The van der Waals surface area contributed by atoms with E-state index in [2.05, 4.69) is 19.1 Å². The molecule has 0 atom stereocenters. The Balaban J connectivity index is 1.74. The molecule has 0 heterocycles. The Morgan fingerprint density at radius 3 is 2.11 bits per heavy atom. The highest BCUT2D eigenvalue weighted by Gasteiger charge is 2.18. The molecule has 0 saturated carbocycles. The van der Waals surface area contributed by atoms with E-state index in [1.165, 1.54) is 16.1 Å². The maximum absolute atomic E-state index is 12.5. The smallest absolute Gasteiger partial charge is 0.307 e. The SMILES string of the molecule is CCCCc1ccc(CN(CCCc2cccc(CC(=O)O)c2-c2ccccc2)S(C)(=O)=O)cc1. The first-order valence-corrected chi connectivity index (χ1v) is 14.0. The zero-order valence-electron chi connectivity index (χ0n) is 20.6. The molecule has 3 aromatic carbocycles. The van der Waals surface area contributed by atoms with Crippen LogP contribution in [-0.4, -0.2) is 36.6 Å². The van der Waals surface area contributed by atoms with Crippen LogP contribution in [0.2, 0.25) is 0 Å². The molecule has 0 fully saturated rings. The molecule has 0 saturated heterocycles. The number of nitrogens with zero attached hydrogens (tertiary/aromatic N) is 1. The van der Waals surface area contributed by atoms with E-state index in [0.29, 0.717) is 25.9 Å². The van der Waals surface area contributed by atoms with Crippen molar-refractivity contribution in [2.75, 3.05) is 12.8 Å². The second-order valence-corrected chi connectivity index (χ2v) is 11.0. The monoisotopic (exact) mass is 493 g/mol. The van der Waals surface area contributed by atoms with Crippen molar-refractivity contribution >= 4 is 16.0 Å². The van der Waals surface area contributed by atoms with Gasteiger partial charge in [-0.15, -0.1) is 0 Å². The van der Waals surface area contributed by atoms with Gasteiger partial charge in [-0.1, -0.05) is 86.1 Å². The summed E-state index contributed by atoms with van der Waals surface area (Å²) in [6.45, 7) is 2.91. The number of benzene rings is 3. The molecule has 0 amide bonds. The Morgan fingerprint density at radius 2 is 1.49 bits per heavy atom. The van der Waals surface area contributed by atoms with Crippen LogP contribution >= 0.6 is 0 Å². The van der Waals surface area contributed by atoms with Crippen LogP contribution in [0, 0.1) is 0 Å². The quantitative estimate of drug-likeness (QED) is 0.331. The van der Waals surface area contributed by atoms with E-state index in [4.69, 9.17) is 0 Å². The van der Waals surface area contributed by atoms with Gasteiger partial charge in [-0.2, -0.15) is 4.31 Å². The molecule has 0 bridgehead atoms. The van der Waals surface area contributed by atoms with Gasteiger partial charge in [-0.25, -0.2) is 8.42 Å². The normalized spacial score (nSPS) is 11.6. The number of carbonyl (C=O) groups is 1. The largest absolute Gasteiger partial charge is 0.481 e. The van der Waals surface area contributed by atoms with Crippen molar-refractivity contribution < 1.29 is 18.3 Å². The molecule has 3 aromatic rings. The Kier molecular flexibility index (Phi) is 9.64. The van der Waals surface area contributed by atoms with Gasteiger partial charge in [0.2, 0.25) is 10.0 Å². The molecule has 0 unspecified atom stereocenters. The Labute approximate surface area is 209 Å². The summed E-state index contributed by atoms with van der Waals surface area (Å²) in [5.74, 6) is -0.872. The van der Waals surface area contributed by atoms with Crippen molar-refractivity contribution in [2.45, 2.75) is 52.0 Å². The minimum Gasteiger partial charge on any atom is -0.481 e. The van der Waals surface area contributed by atoms with E-state index in [1.807, 2.05) is 60.7 Å². The molecular formula is C29H35NO4S. The number of hydrogen-bond donors (Lipinski definition) is 1. The van der Waals surface area contributed by atoms with Crippen LogP contribution in [-0.2, 0) is 40.6 Å². The molecule has 0 aromatic heterocycles. The number of aryl methyl sites for hydroxylation is 2. The second kappa shape index (κ2) is 12.7. The highest BCUT2D eigenvalue weighted by Crippen LogP contribution is 2.29. The van der Waals surface area contributed by atoms with Crippen molar-refractivity contribution in [3.8, 4) is 11.1 Å². The molecule has 1 N–H and O–H groups in total. The lowest BCUT2D eigenvalue weighted by atomic mass is 9.90. The third-order valence-corrected chi connectivity index (χ3v) is 7.41. The molecule has 35 heavy (non-hydrogen) atoms. The first-order valence-electron chi connectivity index (χ1n) is 12.2. The summed E-state index contributed by atoms with van der Waals surface area (Å²) in [4.78, 5) is 11.5. The van der Waals surface area contributed by atoms with Crippen LogP contribution in [0.3, 0.4) is 0 Å². The minimum atomic E-state index is -3.37. The van der Waals surface area contributed by atoms with Crippen molar-refractivity contribution in [1.29, 1.82) is 0 Å². The van der Waals surface area contributed by atoms with Gasteiger partial charge in [0.05, 0.1) is 12.7 Å². The van der Waals surface area contributed by atoms with E-state index in [1.54, 1.807) is 0 Å². The van der Waals surface area contributed by atoms with Crippen LogP contribution in [0.5, 0.6) is 0 Å². The third-order valence-electron chi connectivity index (χ3n) is 6.16. The van der Waals surface area contributed by atoms with Crippen LogP contribution in [0.1, 0.15) is 48.4 Å². The molecule has 0 aliphatic heterocycles. The lowest BCUT2D eigenvalue weighted by molar-refractivity contribution is -0.136. The van der Waals surface area contributed by atoms with Gasteiger partial charge in [-0.3, -0.25) is 4.79 Å². The van der Waals surface area contributed by atoms with E-state index in [-0.39, 0.29) is 6.42 Å². The maximum Gasteiger partial charge on any atom is 0.307 e. The predicted molar refractivity (Wildman–Crippen MR) is 142 cm³/mol. The number of unbranched alkanes of at least 4 members (excludes halogenated alkanes) is 1. The Morgan fingerprint density at radius 1 is 0.829 bits per heavy atom. The molecule has 186 valence electrons. The number of rotatable bonds is 13. The molecular weight excluding hydrogens is 458 g/mol. The van der Waals surface area contributed by atoms with Crippen LogP contribution in [0.4, 0.5) is 0 Å². The molecule has 0 aliphatic rings. The number of carboxylic acids is 1. The fourth-order valence-electron chi connectivity index (χ4n) is 4.35. The average molecular weight is 494 g/mol. The zero-order valence-corrected chi connectivity index (χ0v) is 21.4. The van der Waals surface area contributed by atoms with E-state index < -0.39 is 16.0 Å². The summed E-state index contributed by atoms with van der Waals surface area (Å²) in [7, 11) is -3.37. The number of aliphatic carboxylic acids is 1. The topological polar surface area (TPSA) is 74.7 Å². The number of sulfonamides is 1. The van der Waals surface area contributed by atoms with E-state index >= 15 is 0 Å². The van der Waals surface area contributed by atoms with Crippen molar-refractivity contribution in [3.63, 3.8) is 0 Å². The van der Waals surface area contributed by atoms with Crippen LogP contribution < -0.4 is 0 Å². The fourth-order valence-corrected chi connectivity index (χ4v) is 5.20. The number of carboxylic acid groups (broad SMARTS) is 1. The summed E-state index contributed by atoms with van der Waals surface area (Å²) >= 11 is 0. The van der Waals surface area contributed by atoms with Gasteiger partial charge in [0.25, 0.3) is 0 Å². The highest BCUT2D eigenvalue weighted by atomic mass is 32.2. The minimum absolute atomic E-state index is 0.0538. The van der Waals surface area contributed by atoms with E-state index in [0.717, 1.165) is 47.1 Å². The van der Waals surface area contributed by atoms with Crippen molar-refractivity contribution in [3.05, 3.63) is 95.1 Å². The lowest BCUT2D eigenvalue weighted by Crippen LogP contribution is -2.30. The van der Waals surface area contributed by atoms with Gasteiger partial charge in [0, 0.05) is 13.1 Å². The van der Waals surface area contributed by atoms with Crippen molar-refractivity contribution in [2.24, 2.45) is 0 Å². The van der Waals surface area contributed by atoms with Crippen LogP contribution in [0.25, 0.3) is 11.1 Å². The first kappa shape index (κ1) is 26.6. The van der Waals surface area contributed by atoms with Gasteiger partial charge in [-0.05, 0) is 59.1 Å². The predicted octanol–water partition coefficient (Wildman–Crippen LogP) is 5.72. The summed E-state index contributed by atoms with van der Waals surface area (Å²) in [6.07, 6.45) is 5.82. The molecule has 5 nitrogen and oxygen atoms in total. The fraction of sp³-hybridized carbons (Fsp3) is 0.345. The summed E-state index contributed by atoms with van der Waals surface area (Å²) in [5.41, 5.74) is 5.96. The van der Waals surface area contributed by atoms with E-state index in [9.17, 15) is 18.3 Å². The van der Waals surface area contributed by atoms with Gasteiger partial charge < -0.3 is 5.11 Å². The van der Waals surface area contributed by atoms with Crippen LogP contribution in [0.15, 0.2) is 72.8 Å². The van der Waals surface area contributed by atoms with Gasteiger partial charge >= 0.3 is 5.97 Å². The molecule has 3 rings (SSSR count). The number of hydrogen-bond acceptors (Lipinski definition) is 3. The molecule has 6 heteroatoms. The Bertz CT molecular complexity index is 1210. The molecule has 0 radical (unpaired) electrons. The average Bonchev–Trinajstić information content (AvgIpc) is 2.82. The molecule has 0 aliphatic carbocycles. The second-order valence-electron chi connectivity index (χ2n) is 9.01. The Hall–Kier alpha value is -2.96. The highest BCUT2D eigenvalue weighted by molar-refractivity contribution is 7.88. The third kappa shape index (κ3) is 8.05. The lowest BCUT2D eigenvalue weighted by Gasteiger charge is -2.21. The summed E-state index contributed by atoms with van der Waals surface area (Å²) in [6, 6.07) is 23.7.